The number of hydrogen-bond donors (Lipinski definition) is 0. The van der Waals surface area contributed by atoms with Crippen molar-refractivity contribution >= 4 is 34.5 Å². The van der Waals surface area contributed by atoms with Gasteiger partial charge in [-0.2, -0.15) is 5.10 Å². The number of carbonyl (C=O) groups excluding carboxylic acids is 2. The van der Waals surface area contributed by atoms with Gasteiger partial charge in [0.15, 0.2) is 11.3 Å². The number of nitro groups is 1. The number of piperidine rings is 1. The maximum Gasteiger partial charge on any atom is 0.276 e. The number of non-ortho nitro benzene ring substituents is 1. The van der Waals surface area contributed by atoms with E-state index in [9.17, 15) is 19.7 Å². The van der Waals surface area contributed by atoms with Crippen LogP contribution in [0.15, 0.2) is 35.7 Å². The molecule has 1 aromatic carbocycles. The molecule has 4 aromatic rings. The predicted molar refractivity (Wildman–Crippen MR) is 144 cm³/mol. The van der Waals surface area contributed by atoms with Crippen LogP contribution in [-0.4, -0.2) is 78.0 Å². The van der Waals surface area contributed by atoms with E-state index in [1.54, 1.807) is 38.9 Å². The van der Waals surface area contributed by atoms with Gasteiger partial charge in [-0.1, -0.05) is 12.1 Å². The van der Waals surface area contributed by atoms with Crippen molar-refractivity contribution in [3.8, 4) is 0 Å². The molecule has 0 saturated carbocycles. The van der Waals surface area contributed by atoms with Crippen LogP contribution in [0.25, 0.3) is 5.65 Å². The van der Waals surface area contributed by atoms with E-state index in [-0.39, 0.29) is 23.4 Å². The standard InChI is InChI=1S/C26H28N8O4S/c1-16-14-22-28-29-23(17(2)33(22)30-16)26(36)32-12-9-19(10-13-32)24-27-21(15-39-24)25(35)31(3)11-8-18-4-6-20(7-5-18)34(37)38/h4-7,14-15,19H,8-13H2,1-3H3. The number of thiazole rings is 1. The van der Waals surface area contributed by atoms with Crippen LogP contribution in [0, 0.1) is 24.0 Å². The lowest BCUT2D eigenvalue weighted by Crippen LogP contribution is -2.39. The number of aromatic nitrogens is 5. The Morgan fingerprint density at radius 1 is 1.15 bits per heavy atom. The Balaban J connectivity index is 1.16. The first kappa shape index (κ1) is 26.4. The Labute approximate surface area is 228 Å². The zero-order valence-corrected chi connectivity index (χ0v) is 22.7. The number of amides is 2. The molecule has 3 aromatic heterocycles. The van der Waals surface area contributed by atoms with Gasteiger partial charge in [0.1, 0.15) is 5.69 Å². The number of hydrogen-bond acceptors (Lipinski definition) is 9. The fourth-order valence-corrected chi connectivity index (χ4v) is 5.67. The van der Waals surface area contributed by atoms with Gasteiger partial charge in [-0.15, -0.1) is 21.5 Å². The van der Waals surface area contributed by atoms with Gasteiger partial charge in [0.05, 0.1) is 21.3 Å². The predicted octanol–water partition coefficient (Wildman–Crippen LogP) is 3.44. The van der Waals surface area contributed by atoms with Crippen molar-refractivity contribution in [3.63, 3.8) is 0 Å². The number of aryl methyl sites for hydroxylation is 2. The van der Waals surface area contributed by atoms with Crippen LogP contribution < -0.4 is 0 Å². The zero-order chi connectivity index (χ0) is 27.7. The summed E-state index contributed by atoms with van der Waals surface area (Å²) in [5.41, 5.74) is 3.78. The maximum atomic E-state index is 13.2. The molecule has 0 atom stereocenters. The van der Waals surface area contributed by atoms with Crippen LogP contribution >= 0.6 is 11.3 Å². The molecule has 1 saturated heterocycles. The molecule has 0 N–H and O–H groups in total. The average Bonchev–Trinajstić information content (AvgIpc) is 3.58. The second kappa shape index (κ2) is 10.8. The highest BCUT2D eigenvalue weighted by Crippen LogP contribution is 2.31. The lowest BCUT2D eigenvalue weighted by molar-refractivity contribution is -0.384. The van der Waals surface area contributed by atoms with Crippen molar-refractivity contribution in [1.82, 2.24) is 34.6 Å². The smallest absolute Gasteiger partial charge is 0.276 e. The number of nitro benzene ring substituents is 1. The molecule has 4 heterocycles. The molecule has 0 radical (unpaired) electrons. The van der Waals surface area contributed by atoms with Crippen molar-refractivity contribution in [2.24, 2.45) is 0 Å². The van der Waals surface area contributed by atoms with Gasteiger partial charge >= 0.3 is 0 Å². The highest BCUT2D eigenvalue weighted by Gasteiger charge is 2.29. The number of nitrogens with zero attached hydrogens (tertiary/aromatic N) is 8. The molecule has 39 heavy (non-hydrogen) atoms. The second-order valence-electron chi connectivity index (χ2n) is 9.73. The van der Waals surface area contributed by atoms with Crippen LogP contribution in [0.3, 0.4) is 0 Å². The molecule has 0 spiro atoms. The minimum atomic E-state index is -0.432. The molecule has 202 valence electrons. The van der Waals surface area contributed by atoms with Crippen LogP contribution in [0.2, 0.25) is 0 Å². The van der Waals surface area contributed by atoms with Gasteiger partial charge in [-0.05, 0) is 38.7 Å². The number of benzene rings is 1. The third-order valence-electron chi connectivity index (χ3n) is 7.03. The summed E-state index contributed by atoms with van der Waals surface area (Å²) in [4.78, 5) is 44.6. The summed E-state index contributed by atoms with van der Waals surface area (Å²) < 4.78 is 1.65. The first-order valence-corrected chi connectivity index (χ1v) is 13.5. The van der Waals surface area contributed by atoms with Crippen molar-refractivity contribution in [1.29, 1.82) is 0 Å². The molecule has 1 aliphatic rings. The summed E-state index contributed by atoms with van der Waals surface area (Å²) in [7, 11) is 1.73. The molecular weight excluding hydrogens is 520 g/mol. The van der Waals surface area contributed by atoms with Crippen molar-refractivity contribution < 1.29 is 14.5 Å². The Hall–Kier alpha value is -4.26. The summed E-state index contributed by atoms with van der Waals surface area (Å²) in [5.74, 6) is -0.141. The molecule has 0 unspecified atom stereocenters. The second-order valence-corrected chi connectivity index (χ2v) is 10.6. The van der Waals surface area contributed by atoms with Gasteiger partial charge in [-0.25, -0.2) is 9.50 Å². The van der Waals surface area contributed by atoms with E-state index in [4.69, 9.17) is 0 Å². The molecule has 13 heteroatoms. The van der Waals surface area contributed by atoms with Crippen LogP contribution in [0.5, 0.6) is 0 Å². The van der Waals surface area contributed by atoms with Gasteiger partial charge in [0.2, 0.25) is 0 Å². The van der Waals surface area contributed by atoms with Gasteiger partial charge in [0.25, 0.3) is 17.5 Å². The molecule has 2 amide bonds. The Morgan fingerprint density at radius 3 is 2.56 bits per heavy atom. The van der Waals surface area contributed by atoms with Crippen molar-refractivity contribution in [2.45, 2.75) is 39.0 Å². The minimum Gasteiger partial charge on any atom is -0.340 e. The zero-order valence-electron chi connectivity index (χ0n) is 21.9. The lowest BCUT2D eigenvalue weighted by Gasteiger charge is -2.31. The fourth-order valence-electron chi connectivity index (χ4n) is 4.71. The number of likely N-dealkylation sites (tertiary alicyclic amines) is 1. The molecule has 1 fully saturated rings. The van der Waals surface area contributed by atoms with E-state index in [0.717, 1.165) is 29.1 Å². The summed E-state index contributed by atoms with van der Waals surface area (Å²) in [6.07, 6.45) is 2.08. The van der Waals surface area contributed by atoms with Gasteiger partial charge < -0.3 is 9.80 Å². The third kappa shape index (κ3) is 5.48. The first-order chi connectivity index (χ1) is 18.7. The van der Waals surface area contributed by atoms with E-state index in [2.05, 4.69) is 20.3 Å². The molecule has 12 nitrogen and oxygen atoms in total. The van der Waals surface area contributed by atoms with E-state index in [1.807, 2.05) is 19.9 Å². The molecule has 0 aliphatic carbocycles. The summed E-state index contributed by atoms with van der Waals surface area (Å²) >= 11 is 1.47. The van der Waals surface area contributed by atoms with Crippen molar-refractivity contribution in [2.75, 3.05) is 26.7 Å². The highest BCUT2D eigenvalue weighted by atomic mass is 32.1. The highest BCUT2D eigenvalue weighted by molar-refractivity contribution is 7.09. The number of carbonyl (C=O) groups is 2. The number of rotatable bonds is 7. The minimum absolute atomic E-state index is 0.0444. The third-order valence-corrected chi connectivity index (χ3v) is 8.04. The monoisotopic (exact) mass is 548 g/mol. The Bertz CT molecular complexity index is 1540. The van der Waals surface area contributed by atoms with Gasteiger partial charge in [0, 0.05) is 56.2 Å². The molecular formula is C26H28N8O4S. The normalized spacial score (nSPS) is 14.1. The largest absolute Gasteiger partial charge is 0.340 e. The summed E-state index contributed by atoms with van der Waals surface area (Å²) in [5, 5.41) is 26.2. The van der Waals surface area contributed by atoms with Crippen molar-refractivity contribution in [3.05, 3.63) is 79.2 Å². The molecule has 1 aliphatic heterocycles. The Kier molecular flexibility index (Phi) is 7.33. The maximum absolute atomic E-state index is 13.2. The summed E-state index contributed by atoms with van der Waals surface area (Å²) in [6.45, 7) is 5.30. The number of fused-ring (bicyclic) bond motifs is 1. The van der Waals surface area contributed by atoms with E-state index < -0.39 is 4.92 Å². The molecule has 0 bridgehead atoms. The fraction of sp³-hybridized carbons (Fsp3) is 0.385. The first-order valence-electron chi connectivity index (χ1n) is 12.6. The SMILES string of the molecule is Cc1cc2nnc(C(=O)N3CCC(c4nc(C(=O)N(C)CCc5ccc([N+](=O)[O-])cc5)cs4)CC3)c(C)n2n1. The summed E-state index contributed by atoms with van der Waals surface area (Å²) in [6, 6.07) is 8.17. The van der Waals surface area contributed by atoms with E-state index in [1.165, 1.54) is 23.5 Å². The topological polar surface area (TPSA) is 140 Å². The van der Waals surface area contributed by atoms with E-state index in [0.29, 0.717) is 48.8 Å². The quantitative estimate of drug-likeness (QED) is 0.253. The van der Waals surface area contributed by atoms with Gasteiger partial charge in [-0.3, -0.25) is 19.7 Å². The van der Waals surface area contributed by atoms with E-state index >= 15 is 0 Å². The lowest BCUT2D eigenvalue weighted by atomic mass is 9.97. The number of likely N-dealkylation sites (N-methyl/N-ethyl adjacent to an activating group) is 1. The Morgan fingerprint density at radius 2 is 1.87 bits per heavy atom. The van der Waals surface area contributed by atoms with Crippen LogP contribution in [0.4, 0.5) is 5.69 Å². The average molecular weight is 549 g/mol. The molecule has 5 rings (SSSR count). The van der Waals surface area contributed by atoms with Crippen LogP contribution in [0.1, 0.15) is 61.7 Å². The van der Waals surface area contributed by atoms with Crippen LogP contribution in [-0.2, 0) is 6.42 Å².